The van der Waals surface area contributed by atoms with Crippen LogP contribution in [0.4, 0.5) is 17.2 Å². The van der Waals surface area contributed by atoms with Crippen molar-refractivity contribution in [2.45, 2.75) is 13.3 Å². The third-order valence-electron chi connectivity index (χ3n) is 3.61. The van der Waals surface area contributed by atoms with E-state index in [1.807, 2.05) is 37.3 Å². The van der Waals surface area contributed by atoms with Gasteiger partial charge in [0.2, 0.25) is 0 Å². The van der Waals surface area contributed by atoms with Crippen LogP contribution in [0.5, 0.6) is 0 Å². The predicted octanol–water partition coefficient (Wildman–Crippen LogP) is 3.38. The molecule has 0 unspecified atom stereocenters. The number of nitrogens with zero attached hydrogens (tertiary/aromatic N) is 3. The second-order valence-electron chi connectivity index (χ2n) is 5.72. The van der Waals surface area contributed by atoms with Crippen LogP contribution in [0.1, 0.15) is 12.0 Å². The lowest BCUT2D eigenvalue weighted by Crippen LogP contribution is -2.03. The Balaban J connectivity index is 1.72. The van der Waals surface area contributed by atoms with E-state index >= 15 is 0 Å². The smallest absolute Gasteiger partial charge is 0.149 e. The summed E-state index contributed by atoms with van der Waals surface area (Å²) in [5.41, 5.74) is 4.54. The monoisotopic (exact) mass is 335 g/mol. The molecule has 0 aliphatic carbocycles. The summed E-state index contributed by atoms with van der Waals surface area (Å²) in [7, 11) is 0. The molecule has 0 saturated heterocycles. The Hall–Kier alpha value is -2.99. The number of aliphatic hydroxyl groups excluding tert-OH is 1. The van der Waals surface area contributed by atoms with Crippen LogP contribution < -0.4 is 10.6 Å². The zero-order valence-corrected chi connectivity index (χ0v) is 14.1. The molecule has 3 N–H and O–H groups in total. The van der Waals surface area contributed by atoms with E-state index in [1.54, 1.807) is 18.6 Å². The van der Waals surface area contributed by atoms with Crippen molar-refractivity contribution < 1.29 is 5.11 Å². The van der Waals surface area contributed by atoms with Gasteiger partial charge in [0, 0.05) is 18.8 Å². The van der Waals surface area contributed by atoms with Crippen LogP contribution in [0, 0.1) is 6.92 Å². The minimum absolute atomic E-state index is 0.175. The fourth-order valence-corrected chi connectivity index (χ4v) is 2.38. The van der Waals surface area contributed by atoms with Crippen molar-refractivity contribution in [2.75, 3.05) is 23.8 Å². The van der Waals surface area contributed by atoms with Gasteiger partial charge in [0.1, 0.15) is 11.5 Å². The maximum Gasteiger partial charge on any atom is 0.149 e. The fraction of sp³-hybridized carbons (Fsp3) is 0.211. The third-order valence-corrected chi connectivity index (χ3v) is 3.61. The number of aliphatic hydroxyl groups is 1. The molecule has 6 nitrogen and oxygen atoms in total. The van der Waals surface area contributed by atoms with Gasteiger partial charge in [-0.15, -0.1) is 0 Å². The standard InChI is InChI=1S/C19H21N5O/c1-14-4-2-5-15(10-14)23-19-13-20-12-18(24-19)17-7-6-16(11-22-17)21-8-3-9-25/h2,4-7,10-13,21,25H,3,8-9H2,1H3,(H,23,24). The number of aryl methyl sites for hydroxylation is 1. The fourth-order valence-electron chi connectivity index (χ4n) is 2.38. The average molecular weight is 335 g/mol. The highest BCUT2D eigenvalue weighted by molar-refractivity contribution is 5.61. The highest BCUT2D eigenvalue weighted by Crippen LogP contribution is 2.20. The highest BCUT2D eigenvalue weighted by Gasteiger charge is 2.04. The van der Waals surface area contributed by atoms with Crippen molar-refractivity contribution in [3.8, 4) is 11.4 Å². The van der Waals surface area contributed by atoms with Crippen LogP contribution in [-0.4, -0.2) is 33.2 Å². The minimum Gasteiger partial charge on any atom is -0.396 e. The number of aromatic nitrogens is 3. The SMILES string of the molecule is Cc1cccc(Nc2cncc(-c3ccc(NCCCO)cn3)n2)c1. The van der Waals surface area contributed by atoms with Crippen molar-refractivity contribution in [2.24, 2.45) is 0 Å². The lowest BCUT2D eigenvalue weighted by atomic mass is 10.2. The molecule has 2 heterocycles. The quantitative estimate of drug-likeness (QED) is 0.574. The van der Waals surface area contributed by atoms with Gasteiger partial charge in [-0.25, -0.2) is 4.98 Å². The molecule has 0 amide bonds. The summed E-state index contributed by atoms with van der Waals surface area (Å²) in [6.07, 6.45) is 5.86. The van der Waals surface area contributed by atoms with E-state index in [2.05, 4.69) is 31.7 Å². The van der Waals surface area contributed by atoms with Crippen LogP contribution >= 0.6 is 0 Å². The second-order valence-corrected chi connectivity index (χ2v) is 5.72. The summed E-state index contributed by atoms with van der Waals surface area (Å²) in [6, 6.07) is 11.9. The van der Waals surface area contributed by atoms with Crippen LogP contribution in [-0.2, 0) is 0 Å². The highest BCUT2D eigenvalue weighted by atomic mass is 16.3. The van der Waals surface area contributed by atoms with E-state index < -0.39 is 0 Å². The van der Waals surface area contributed by atoms with E-state index in [0.29, 0.717) is 24.5 Å². The molecule has 0 aliphatic heterocycles. The van der Waals surface area contributed by atoms with E-state index in [4.69, 9.17) is 5.11 Å². The number of rotatable bonds is 7. The van der Waals surface area contributed by atoms with Crippen molar-refractivity contribution in [3.05, 3.63) is 60.6 Å². The van der Waals surface area contributed by atoms with Crippen LogP contribution in [0.25, 0.3) is 11.4 Å². The van der Waals surface area contributed by atoms with E-state index in [9.17, 15) is 0 Å². The Morgan fingerprint density at radius 1 is 1.00 bits per heavy atom. The Labute approximate surface area is 147 Å². The zero-order chi connectivity index (χ0) is 17.5. The van der Waals surface area contributed by atoms with E-state index in [-0.39, 0.29) is 6.61 Å². The van der Waals surface area contributed by atoms with Crippen molar-refractivity contribution >= 4 is 17.2 Å². The molecule has 0 fully saturated rings. The summed E-state index contributed by atoms with van der Waals surface area (Å²) in [5.74, 6) is 0.676. The average Bonchev–Trinajstić information content (AvgIpc) is 2.63. The molecule has 1 aromatic carbocycles. The molecule has 0 aliphatic rings. The Bertz CT molecular complexity index is 820. The van der Waals surface area contributed by atoms with E-state index in [1.165, 1.54) is 5.56 Å². The molecule has 0 radical (unpaired) electrons. The Morgan fingerprint density at radius 2 is 1.92 bits per heavy atom. The summed E-state index contributed by atoms with van der Waals surface area (Å²) in [4.78, 5) is 13.3. The summed E-state index contributed by atoms with van der Waals surface area (Å²) in [6.45, 7) is 2.94. The lowest BCUT2D eigenvalue weighted by molar-refractivity contribution is 0.292. The van der Waals surface area contributed by atoms with Crippen molar-refractivity contribution in [3.63, 3.8) is 0 Å². The molecule has 6 heteroatoms. The summed E-state index contributed by atoms with van der Waals surface area (Å²) >= 11 is 0. The Morgan fingerprint density at radius 3 is 2.68 bits per heavy atom. The molecule has 3 aromatic rings. The second kappa shape index (κ2) is 8.21. The van der Waals surface area contributed by atoms with Crippen LogP contribution in [0.15, 0.2) is 55.0 Å². The first kappa shape index (κ1) is 16.9. The minimum atomic E-state index is 0.175. The van der Waals surface area contributed by atoms with Gasteiger partial charge in [0.05, 0.1) is 30.0 Å². The first-order valence-electron chi connectivity index (χ1n) is 8.21. The first-order valence-corrected chi connectivity index (χ1v) is 8.21. The van der Waals surface area contributed by atoms with Crippen molar-refractivity contribution in [1.82, 2.24) is 15.0 Å². The number of pyridine rings is 1. The Kier molecular flexibility index (Phi) is 5.53. The topological polar surface area (TPSA) is 83.0 Å². The van der Waals surface area contributed by atoms with E-state index in [0.717, 1.165) is 17.1 Å². The zero-order valence-electron chi connectivity index (χ0n) is 14.1. The van der Waals surface area contributed by atoms with Gasteiger partial charge in [-0.2, -0.15) is 0 Å². The van der Waals surface area contributed by atoms with Crippen LogP contribution in [0.2, 0.25) is 0 Å². The third kappa shape index (κ3) is 4.74. The summed E-state index contributed by atoms with van der Waals surface area (Å²) < 4.78 is 0. The lowest BCUT2D eigenvalue weighted by Gasteiger charge is -2.08. The molecule has 2 aromatic heterocycles. The molecule has 25 heavy (non-hydrogen) atoms. The molecule has 0 bridgehead atoms. The van der Waals surface area contributed by atoms with Crippen LogP contribution in [0.3, 0.4) is 0 Å². The number of anilines is 3. The van der Waals surface area contributed by atoms with Gasteiger partial charge in [0.25, 0.3) is 0 Å². The van der Waals surface area contributed by atoms with Gasteiger partial charge in [0.15, 0.2) is 0 Å². The number of hydrogen-bond acceptors (Lipinski definition) is 6. The molecule has 128 valence electrons. The van der Waals surface area contributed by atoms with Gasteiger partial charge in [-0.05, 0) is 43.2 Å². The number of nitrogens with one attached hydrogen (secondary N) is 2. The number of hydrogen-bond donors (Lipinski definition) is 3. The largest absolute Gasteiger partial charge is 0.396 e. The van der Waals surface area contributed by atoms with Gasteiger partial charge >= 0.3 is 0 Å². The molecule has 0 spiro atoms. The van der Waals surface area contributed by atoms with Gasteiger partial charge in [-0.3, -0.25) is 9.97 Å². The molecular weight excluding hydrogens is 314 g/mol. The predicted molar refractivity (Wildman–Crippen MR) is 99.9 cm³/mol. The molecule has 0 atom stereocenters. The van der Waals surface area contributed by atoms with Crippen molar-refractivity contribution in [1.29, 1.82) is 0 Å². The maximum atomic E-state index is 8.81. The van der Waals surface area contributed by atoms with Gasteiger partial charge in [-0.1, -0.05) is 12.1 Å². The normalized spacial score (nSPS) is 10.5. The first-order chi connectivity index (χ1) is 12.2. The van der Waals surface area contributed by atoms with Gasteiger partial charge < -0.3 is 15.7 Å². The molecular formula is C19H21N5O. The number of benzene rings is 1. The molecule has 3 rings (SSSR count). The maximum absolute atomic E-state index is 8.81. The summed E-state index contributed by atoms with van der Waals surface area (Å²) in [5, 5.41) is 15.3. The molecule has 0 saturated carbocycles.